The number of carbonyl (C=O) groups excluding carboxylic acids is 1. The summed E-state index contributed by atoms with van der Waals surface area (Å²) in [4.78, 5) is 24.3. The number of nitrogens with zero attached hydrogens (tertiary/aromatic N) is 4. The summed E-state index contributed by atoms with van der Waals surface area (Å²) in [5.41, 5.74) is 8.14. The molecular formula is C26H31ClFN5O3. The standard InChI is InChI=1S/C26H31ClFN5O3/c1-14(2)36-22-17(15(3)24-31-16(4)21-23(29)30-7-10-33(21)24)11-18(27)20(28)19(22)25(34)32-8-5-26(6-9-32)12-35-13-26/h7,10-11,14-15H,5-6,8-9,12-13H2,1-4H3,(H2,29,30). The quantitative estimate of drug-likeness (QED) is 0.533. The number of piperidine rings is 1. The molecule has 1 aromatic carbocycles. The number of halogens is 2. The van der Waals surface area contributed by atoms with E-state index in [2.05, 4.69) is 4.98 Å². The van der Waals surface area contributed by atoms with Crippen LogP contribution in [0, 0.1) is 18.2 Å². The third-order valence-electron chi connectivity index (χ3n) is 7.33. The van der Waals surface area contributed by atoms with Crippen molar-refractivity contribution in [3.8, 4) is 5.75 Å². The smallest absolute Gasteiger partial charge is 0.260 e. The Labute approximate surface area is 214 Å². The molecule has 36 heavy (non-hydrogen) atoms. The summed E-state index contributed by atoms with van der Waals surface area (Å²) in [7, 11) is 0. The van der Waals surface area contributed by atoms with Gasteiger partial charge in [0.05, 0.1) is 30.0 Å². The van der Waals surface area contributed by atoms with Crippen molar-refractivity contribution in [2.75, 3.05) is 32.0 Å². The molecule has 192 valence electrons. The van der Waals surface area contributed by atoms with Crippen LogP contribution >= 0.6 is 11.6 Å². The number of aromatic nitrogens is 3. The number of nitrogen functional groups attached to an aromatic ring is 1. The maximum absolute atomic E-state index is 15.6. The molecule has 8 nitrogen and oxygen atoms in total. The van der Waals surface area contributed by atoms with E-state index in [0.717, 1.165) is 31.7 Å². The van der Waals surface area contributed by atoms with Crippen LogP contribution < -0.4 is 10.5 Å². The van der Waals surface area contributed by atoms with Gasteiger partial charge in [-0.3, -0.25) is 9.20 Å². The lowest BCUT2D eigenvalue weighted by molar-refractivity contribution is -0.136. The van der Waals surface area contributed by atoms with Crippen molar-refractivity contribution in [2.24, 2.45) is 5.41 Å². The van der Waals surface area contributed by atoms with Gasteiger partial charge in [0.15, 0.2) is 5.82 Å². The molecule has 0 saturated carbocycles. The number of nitrogens with two attached hydrogens (primary N) is 1. The molecular weight excluding hydrogens is 485 g/mol. The largest absolute Gasteiger partial charge is 0.490 e. The molecule has 1 atom stereocenters. The normalized spacial score (nSPS) is 18.0. The molecule has 10 heteroatoms. The Hall–Kier alpha value is -2.91. The maximum Gasteiger partial charge on any atom is 0.260 e. The summed E-state index contributed by atoms with van der Waals surface area (Å²) < 4.78 is 29.0. The third-order valence-corrected chi connectivity index (χ3v) is 7.61. The van der Waals surface area contributed by atoms with Crippen LogP contribution in [0.15, 0.2) is 18.5 Å². The first-order chi connectivity index (χ1) is 17.1. The Balaban J connectivity index is 1.59. The van der Waals surface area contributed by atoms with Gasteiger partial charge in [-0.15, -0.1) is 0 Å². The predicted octanol–water partition coefficient (Wildman–Crippen LogP) is 4.60. The Bertz CT molecular complexity index is 1330. The minimum Gasteiger partial charge on any atom is -0.490 e. The van der Waals surface area contributed by atoms with Crippen LogP contribution in [0.5, 0.6) is 5.75 Å². The number of hydrogen-bond donors (Lipinski definition) is 1. The van der Waals surface area contributed by atoms with E-state index in [1.165, 1.54) is 6.07 Å². The molecule has 2 aliphatic rings. The van der Waals surface area contributed by atoms with Crippen LogP contribution in [0.25, 0.3) is 5.52 Å². The molecule has 5 rings (SSSR count). The van der Waals surface area contributed by atoms with E-state index in [0.29, 0.717) is 35.8 Å². The summed E-state index contributed by atoms with van der Waals surface area (Å²) in [6, 6.07) is 1.54. The van der Waals surface area contributed by atoms with Crippen molar-refractivity contribution >= 4 is 28.8 Å². The maximum atomic E-state index is 15.6. The molecule has 3 aromatic rings. The Morgan fingerprint density at radius 1 is 1.28 bits per heavy atom. The second-order valence-electron chi connectivity index (χ2n) is 10.2. The van der Waals surface area contributed by atoms with Crippen molar-refractivity contribution in [3.05, 3.63) is 51.9 Å². The topological polar surface area (TPSA) is 95.0 Å². The fourth-order valence-corrected chi connectivity index (χ4v) is 5.45. The first-order valence-corrected chi connectivity index (χ1v) is 12.6. The lowest BCUT2D eigenvalue weighted by Crippen LogP contribution is -2.52. The second kappa shape index (κ2) is 9.19. The molecule has 2 aromatic heterocycles. The van der Waals surface area contributed by atoms with Gasteiger partial charge in [-0.05, 0) is 39.7 Å². The SMILES string of the molecule is Cc1nc(C(C)c2cc(Cl)c(F)c(C(=O)N3CCC4(CC3)COC4)c2OC(C)C)n2ccnc(N)c12. The number of fused-ring (bicyclic) bond motifs is 1. The predicted molar refractivity (Wildman–Crippen MR) is 135 cm³/mol. The van der Waals surface area contributed by atoms with Crippen LogP contribution in [-0.2, 0) is 4.74 Å². The van der Waals surface area contributed by atoms with Gasteiger partial charge in [-0.25, -0.2) is 14.4 Å². The van der Waals surface area contributed by atoms with E-state index >= 15 is 4.39 Å². The van der Waals surface area contributed by atoms with Gasteiger partial charge in [-0.2, -0.15) is 0 Å². The zero-order valence-electron chi connectivity index (χ0n) is 21.0. The van der Waals surface area contributed by atoms with Gasteiger partial charge < -0.3 is 20.1 Å². The van der Waals surface area contributed by atoms with Crippen LogP contribution in [-0.4, -0.2) is 57.6 Å². The zero-order valence-corrected chi connectivity index (χ0v) is 21.7. The lowest BCUT2D eigenvalue weighted by Gasteiger charge is -2.47. The highest BCUT2D eigenvalue weighted by molar-refractivity contribution is 6.31. The summed E-state index contributed by atoms with van der Waals surface area (Å²) in [6.07, 6.45) is 4.76. The minimum absolute atomic E-state index is 0.127. The molecule has 0 bridgehead atoms. The summed E-state index contributed by atoms with van der Waals surface area (Å²) in [5, 5.41) is -0.129. The van der Waals surface area contributed by atoms with E-state index in [4.69, 9.17) is 31.8 Å². The molecule has 2 saturated heterocycles. The van der Waals surface area contributed by atoms with E-state index in [1.54, 1.807) is 17.3 Å². The van der Waals surface area contributed by atoms with Crippen LogP contribution in [0.3, 0.4) is 0 Å². The Kier molecular flexibility index (Phi) is 6.32. The van der Waals surface area contributed by atoms with Crippen molar-refractivity contribution in [2.45, 2.75) is 52.6 Å². The monoisotopic (exact) mass is 515 g/mol. The van der Waals surface area contributed by atoms with Crippen molar-refractivity contribution < 1.29 is 18.7 Å². The first kappa shape index (κ1) is 24.8. The van der Waals surface area contributed by atoms with Gasteiger partial charge in [0, 0.05) is 42.4 Å². The van der Waals surface area contributed by atoms with Gasteiger partial charge >= 0.3 is 0 Å². The summed E-state index contributed by atoms with van der Waals surface area (Å²) in [6.45, 7) is 10.0. The fourth-order valence-electron chi connectivity index (χ4n) is 5.24. The van der Waals surface area contributed by atoms with Crippen LogP contribution in [0.4, 0.5) is 10.2 Å². The number of likely N-dealkylation sites (tertiary alicyclic amines) is 1. The molecule has 2 fully saturated rings. The summed E-state index contributed by atoms with van der Waals surface area (Å²) in [5.74, 6) is -0.329. The van der Waals surface area contributed by atoms with E-state index < -0.39 is 11.7 Å². The highest BCUT2D eigenvalue weighted by Gasteiger charge is 2.43. The van der Waals surface area contributed by atoms with Gasteiger partial charge in [0.1, 0.15) is 28.5 Å². The Morgan fingerprint density at radius 2 is 1.97 bits per heavy atom. The molecule has 4 heterocycles. The number of carbonyl (C=O) groups is 1. The number of amides is 1. The number of aryl methyl sites for hydroxylation is 1. The van der Waals surface area contributed by atoms with Crippen molar-refractivity contribution in [1.29, 1.82) is 0 Å². The highest BCUT2D eigenvalue weighted by atomic mass is 35.5. The van der Waals surface area contributed by atoms with E-state index in [9.17, 15) is 4.79 Å². The van der Waals surface area contributed by atoms with Gasteiger partial charge in [0.25, 0.3) is 5.91 Å². The number of anilines is 1. The minimum atomic E-state index is -0.766. The highest BCUT2D eigenvalue weighted by Crippen LogP contribution is 2.42. The third kappa shape index (κ3) is 4.08. The molecule has 2 N–H and O–H groups in total. The number of ether oxygens (including phenoxy) is 2. The number of imidazole rings is 1. The molecule has 2 aliphatic heterocycles. The van der Waals surface area contributed by atoms with E-state index in [-0.39, 0.29) is 33.8 Å². The molecule has 1 unspecified atom stereocenters. The number of hydrogen-bond acceptors (Lipinski definition) is 6. The van der Waals surface area contributed by atoms with Crippen LogP contribution in [0.2, 0.25) is 5.02 Å². The second-order valence-corrected chi connectivity index (χ2v) is 10.6. The van der Waals surface area contributed by atoms with Gasteiger partial charge in [0.2, 0.25) is 0 Å². The van der Waals surface area contributed by atoms with Crippen LogP contribution in [0.1, 0.15) is 67.0 Å². The average Bonchev–Trinajstić information content (AvgIpc) is 3.17. The molecule has 0 radical (unpaired) electrons. The van der Waals surface area contributed by atoms with E-state index in [1.807, 2.05) is 32.1 Å². The molecule has 1 spiro atoms. The Morgan fingerprint density at radius 3 is 2.58 bits per heavy atom. The molecule has 0 aliphatic carbocycles. The lowest BCUT2D eigenvalue weighted by atomic mass is 9.76. The average molecular weight is 516 g/mol. The zero-order chi connectivity index (χ0) is 25.8. The number of benzene rings is 1. The van der Waals surface area contributed by atoms with Crippen molar-refractivity contribution in [1.82, 2.24) is 19.3 Å². The fraction of sp³-hybridized carbons (Fsp3) is 0.500. The van der Waals surface area contributed by atoms with Gasteiger partial charge in [-0.1, -0.05) is 18.5 Å². The van der Waals surface area contributed by atoms with Crippen molar-refractivity contribution in [3.63, 3.8) is 0 Å². The number of rotatable bonds is 5. The molecule has 1 amide bonds. The summed E-state index contributed by atoms with van der Waals surface area (Å²) >= 11 is 6.39. The first-order valence-electron chi connectivity index (χ1n) is 12.3.